The Hall–Kier alpha value is -2.52. The van der Waals surface area contributed by atoms with Gasteiger partial charge in [0.25, 0.3) is 0 Å². The van der Waals surface area contributed by atoms with Crippen LogP contribution in [0.5, 0.6) is 5.88 Å². The van der Waals surface area contributed by atoms with Gasteiger partial charge in [0.1, 0.15) is 18.2 Å². The highest BCUT2D eigenvalue weighted by Gasteiger charge is 2.16. The van der Waals surface area contributed by atoms with Crippen molar-refractivity contribution in [1.29, 1.82) is 0 Å². The number of hydrogen-bond acceptors (Lipinski definition) is 7. The number of Topliss-reactive ketones (excluding diaryl/α,β-unsaturated/α-hetero) is 1. The maximum Gasteiger partial charge on any atom is 0.240 e. The second-order valence-corrected chi connectivity index (χ2v) is 8.76. The van der Waals surface area contributed by atoms with Crippen LogP contribution in [-0.4, -0.2) is 50.4 Å². The molecule has 2 heterocycles. The van der Waals surface area contributed by atoms with Crippen LogP contribution in [-0.2, 0) is 10.0 Å². The van der Waals surface area contributed by atoms with Gasteiger partial charge in [0.2, 0.25) is 15.9 Å². The molecular formula is C20H26N4O4S. The van der Waals surface area contributed by atoms with Crippen LogP contribution >= 0.6 is 0 Å². The van der Waals surface area contributed by atoms with E-state index in [4.69, 9.17) is 4.74 Å². The number of carbonyl (C=O) groups excluding carboxylic acids is 1. The maximum absolute atomic E-state index is 12.4. The largest absolute Gasteiger partial charge is 0.476 e. The van der Waals surface area contributed by atoms with Crippen LogP contribution in [0, 0.1) is 6.92 Å². The molecule has 2 aromatic rings. The van der Waals surface area contributed by atoms with Crippen molar-refractivity contribution in [3.05, 3.63) is 41.7 Å². The Balaban J connectivity index is 1.58. The van der Waals surface area contributed by atoms with Gasteiger partial charge in [-0.3, -0.25) is 4.79 Å². The highest BCUT2D eigenvalue weighted by Crippen LogP contribution is 2.21. The lowest BCUT2D eigenvalue weighted by molar-refractivity contribution is 0.101. The van der Waals surface area contributed by atoms with Gasteiger partial charge >= 0.3 is 0 Å². The van der Waals surface area contributed by atoms with Crippen LogP contribution in [0.15, 0.2) is 35.2 Å². The molecule has 1 aromatic heterocycles. The van der Waals surface area contributed by atoms with E-state index in [2.05, 4.69) is 19.6 Å². The van der Waals surface area contributed by atoms with Crippen LogP contribution in [0.3, 0.4) is 0 Å². The summed E-state index contributed by atoms with van der Waals surface area (Å²) in [7, 11) is -3.73. The zero-order valence-electron chi connectivity index (χ0n) is 16.7. The highest BCUT2D eigenvalue weighted by atomic mass is 32.2. The standard InChI is InChI=1S/C20H26N4O4S/c1-15(25)17-7-6-8-18(13-17)29(26,27)21-9-12-28-20-14-19(22-16(2)23-20)24-10-4-3-5-11-24/h6-8,13-14,21H,3-5,9-12H2,1-2H3. The van der Waals surface area contributed by atoms with Crippen LogP contribution < -0.4 is 14.4 Å². The fourth-order valence-corrected chi connectivity index (χ4v) is 4.24. The van der Waals surface area contributed by atoms with Gasteiger partial charge in [-0.25, -0.2) is 18.1 Å². The summed E-state index contributed by atoms with van der Waals surface area (Å²) in [4.78, 5) is 22.5. The maximum atomic E-state index is 12.4. The number of piperidine rings is 1. The van der Waals surface area contributed by atoms with Crippen molar-refractivity contribution in [3.63, 3.8) is 0 Å². The van der Waals surface area contributed by atoms with Crippen LogP contribution in [0.25, 0.3) is 0 Å². The molecule has 0 saturated carbocycles. The van der Waals surface area contributed by atoms with E-state index in [0.717, 1.165) is 31.7 Å². The SMILES string of the molecule is CC(=O)c1cccc(S(=O)(=O)NCCOc2cc(N3CCCCC3)nc(C)n2)c1. The zero-order valence-corrected chi connectivity index (χ0v) is 17.5. The summed E-state index contributed by atoms with van der Waals surface area (Å²) in [6.45, 7) is 5.35. The highest BCUT2D eigenvalue weighted by molar-refractivity contribution is 7.89. The molecule has 1 aliphatic rings. The summed E-state index contributed by atoms with van der Waals surface area (Å²) < 4.78 is 33.0. The number of anilines is 1. The molecule has 156 valence electrons. The Morgan fingerprint density at radius 1 is 1.17 bits per heavy atom. The number of ether oxygens (including phenoxy) is 1. The van der Waals surface area contributed by atoms with Gasteiger partial charge in [-0.05, 0) is 45.2 Å². The van der Waals surface area contributed by atoms with Gasteiger partial charge < -0.3 is 9.64 Å². The lowest BCUT2D eigenvalue weighted by Crippen LogP contribution is -2.30. The molecule has 1 fully saturated rings. The third-order valence-corrected chi connectivity index (χ3v) is 6.13. The zero-order chi connectivity index (χ0) is 20.9. The lowest BCUT2D eigenvalue weighted by atomic mass is 10.1. The second kappa shape index (κ2) is 9.32. The minimum atomic E-state index is -3.73. The van der Waals surface area contributed by atoms with Gasteiger partial charge in [-0.1, -0.05) is 12.1 Å². The summed E-state index contributed by atoms with van der Waals surface area (Å²) in [5, 5.41) is 0. The van der Waals surface area contributed by atoms with Gasteiger partial charge in [0.05, 0.1) is 4.90 Å². The second-order valence-electron chi connectivity index (χ2n) is 6.99. The first kappa shape index (κ1) is 21.2. The number of rotatable bonds is 8. The van der Waals surface area contributed by atoms with Gasteiger partial charge in [-0.15, -0.1) is 0 Å². The van der Waals surface area contributed by atoms with Crippen molar-refractivity contribution in [1.82, 2.24) is 14.7 Å². The quantitative estimate of drug-likeness (QED) is 0.518. The molecule has 0 spiro atoms. The molecule has 1 aromatic carbocycles. The predicted octanol–water partition coefficient (Wildman–Crippen LogP) is 2.34. The van der Waals surface area contributed by atoms with Crippen molar-refractivity contribution in [2.45, 2.75) is 38.0 Å². The Kier molecular flexibility index (Phi) is 6.81. The van der Waals surface area contributed by atoms with Crippen molar-refractivity contribution in [2.75, 3.05) is 31.1 Å². The number of nitrogens with one attached hydrogen (secondary N) is 1. The van der Waals surface area contributed by atoms with E-state index in [1.54, 1.807) is 18.2 Å². The van der Waals surface area contributed by atoms with E-state index in [1.165, 1.54) is 25.5 Å². The molecule has 1 aliphatic heterocycles. The van der Waals surface area contributed by atoms with E-state index >= 15 is 0 Å². The Labute approximate surface area is 171 Å². The van der Waals surface area contributed by atoms with E-state index < -0.39 is 10.0 Å². The van der Waals surface area contributed by atoms with Crippen LogP contribution in [0.1, 0.15) is 42.4 Å². The number of aryl methyl sites for hydroxylation is 1. The molecule has 0 aliphatic carbocycles. The Bertz CT molecular complexity index is 972. The number of carbonyl (C=O) groups is 1. The molecule has 1 N–H and O–H groups in total. The summed E-state index contributed by atoms with van der Waals surface area (Å²) in [6.07, 6.45) is 3.52. The van der Waals surface area contributed by atoms with Crippen LogP contribution in [0.2, 0.25) is 0 Å². The van der Waals surface area contributed by atoms with E-state index in [1.807, 2.05) is 6.92 Å². The van der Waals surface area contributed by atoms with Crippen molar-refractivity contribution < 1.29 is 17.9 Å². The summed E-state index contributed by atoms with van der Waals surface area (Å²) in [6, 6.07) is 7.75. The van der Waals surface area contributed by atoms with Crippen molar-refractivity contribution >= 4 is 21.6 Å². The first-order valence-corrected chi connectivity index (χ1v) is 11.2. The summed E-state index contributed by atoms with van der Waals surface area (Å²) >= 11 is 0. The smallest absolute Gasteiger partial charge is 0.240 e. The fourth-order valence-electron chi connectivity index (χ4n) is 3.18. The van der Waals surface area contributed by atoms with Crippen LogP contribution in [0.4, 0.5) is 5.82 Å². The van der Waals surface area contributed by atoms with E-state index in [0.29, 0.717) is 17.3 Å². The lowest BCUT2D eigenvalue weighted by Gasteiger charge is -2.28. The van der Waals surface area contributed by atoms with Crippen molar-refractivity contribution in [3.8, 4) is 5.88 Å². The topological polar surface area (TPSA) is 101 Å². The fraction of sp³-hybridized carbons (Fsp3) is 0.450. The molecule has 0 atom stereocenters. The molecule has 8 nitrogen and oxygen atoms in total. The van der Waals surface area contributed by atoms with Gasteiger partial charge in [0, 0.05) is 31.3 Å². The number of nitrogens with zero attached hydrogens (tertiary/aromatic N) is 3. The first-order chi connectivity index (χ1) is 13.8. The molecule has 9 heteroatoms. The number of aromatic nitrogens is 2. The molecule has 3 rings (SSSR count). The van der Waals surface area contributed by atoms with E-state index in [9.17, 15) is 13.2 Å². The Morgan fingerprint density at radius 3 is 2.66 bits per heavy atom. The summed E-state index contributed by atoms with van der Waals surface area (Å²) in [5.74, 6) is 1.70. The molecule has 1 saturated heterocycles. The average Bonchev–Trinajstić information content (AvgIpc) is 2.71. The van der Waals surface area contributed by atoms with Gasteiger partial charge in [-0.2, -0.15) is 4.98 Å². The predicted molar refractivity (Wildman–Crippen MR) is 110 cm³/mol. The number of sulfonamides is 1. The number of ketones is 1. The molecule has 0 bridgehead atoms. The summed E-state index contributed by atoms with van der Waals surface area (Å²) in [5.41, 5.74) is 0.353. The first-order valence-electron chi connectivity index (χ1n) is 9.69. The molecule has 0 unspecified atom stereocenters. The third-order valence-electron chi connectivity index (χ3n) is 4.68. The Morgan fingerprint density at radius 2 is 1.93 bits per heavy atom. The number of benzene rings is 1. The molecule has 29 heavy (non-hydrogen) atoms. The molecule has 0 amide bonds. The normalized spacial score (nSPS) is 14.6. The molecular weight excluding hydrogens is 392 g/mol. The minimum absolute atomic E-state index is 0.0514. The van der Waals surface area contributed by atoms with E-state index in [-0.39, 0.29) is 23.8 Å². The molecule has 0 radical (unpaired) electrons. The van der Waals surface area contributed by atoms with Gasteiger partial charge in [0.15, 0.2) is 5.78 Å². The monoisotopic (exact) mass is 418 g/mol. The minimum Gasteiger partial charge on any atom is -0.476 e. The number of hydrogen-bond donors (Lipinski definition) is 1. The average molecular weight is 419 g/mol. The van der Waals surface area contributed by atoms with Crippen molar-refractivity contribution in [2.24, 2.45) is 0 Å². The third kappa shape index (κ3) is 5.74.